The largest absolute Gasteiger partial charge is 0.337 e. The van der Waals surface area contributed by atoms with Crippen molar-refractivity contribution in [3.8, 4) is 0 Å². The molecule has 0 spiro atoms. The number of aryl methyl sites for hydroxylation is 3. The van der Waals surface area contributed by atoms with Crippen LogP contribution in [0.5, 0.6) is 0 Å². The van der Waals surface area contributed by atoms with Crippen LogP contribution in [-0.2, 0) is 7.05 Å². The molecule has 1 saturated heterocycles. The number of carbonyl (C=O) groups is 1. The first kappa shape index (κ1) is 13.8. The smallest absolute Gasteiger partial charge is 0.272 e. The third kappa shape index (κ3) is 2.68. The van der Waals surface area contributed by atoms with Crippen LogP contribution in [0.4, 0.5) is 0 Å². The van der Waals surface area contributed by atoms with E-state index in [0.29, 0.717) is 11.6 Å². The minimum Gasteiger partial charge on any atom is -0.337 e. The second kappa shape index (κ2) is 5.31. The van der Waals surface area contributed by atoms with Crippen molar-refractivity contribution in [2.75, 3.05) is 13.1 Å². The first-order chi connectivity index (χ1) is 10.0. The zero-order valence-corrected chi connectivity index (χ0v) is 12.7. The van der Waals surface area contributed by atoms with Crippen molar-refractivity contribution >= 4 is 5.91 Å². The van der Waals surface area contributed by atoms with Gasteiger partial charge in [-0.25, -0.2) is 9.97 Å². The Morgan fingerprint density at radius 2 is 2.05 bits per heavy atom. The Morgan fingerprint density at radius 1 is 1.24 bits per heavy atom. The third-order valence-electron chi connectivity index (χ3n) is 3.98. The normalized spacial score (nSPS) is 18.2. The monoisotopic (exact) mass is 284 g/mol. The lowest BCUT2D eigenvalue weighted by atomic mass is 10.1. The van der Waals surface area contributed by atoms with Crippen LogP contribution in [0.3, 0.4) is 0 Å². The van der Waals surface area contributed by atoms with E-state index in [2.05, 4.69) is 14.5 Å². The molecule has 0 bridgehead atoms. The highest BCUT2D eigenvalue weighted by Gasteiger charge is 2.30. The van der Waals surface area contributed by atoms with E-state index in [9.17, 15) is 4.79 Å². The molecule has 0 aromatic carbocycles. The van der Waals surface area contributed by atoms with Crippen molar-refractivity contribution in [3.05, 3.63) is 47.3 Å². The number of rotatable bonds is 2. The fourth-order valence-corrected chi connectivity index (χ4v) is 2.99. The fourth-order valence-electron chi connectivity index (χ4n) is 2.99. The van der Waals surface area contributed by atoms with E-state index in [1.54, 1.807) is 6.07 Å². The van der Waals surface area contributed by atoms with Gasteiger partial charge in [0.1, 0.15) is 11.5 Å². The Bertz CT molecular complexity index is 677. The number of nitrogens with zero attached hydrogens (tertiary/aromatic N) is 4. The highest BCUT2D eigenvalue weighted by Crippen LogP contribution is 2.27. The molecule has 1 fully saturated rings. The van der Waals surface area contributed by atoms with Crippen molar-refractivity contribution in [2.45, 2.75) is 26.2 Å². The van der Waals surface area contributed by atoms with Gasteiger partial charge in [-0.3, -0.25) is 4.79 Å². The molecule has 1 atom stereocenters. The van der Waals surface area contributed by atoms with Gasteiger partial charge in [-0.1, -0.05) is 6.07 Å². The number of likely N-dealkylation sites (tertiary alicyclic amines) is 1. The maximum atomic E-state index is 12.5. The average Bonchev–Trinajstić information content (AvgIpc) is 3.04. The quantitative estimate of drug-likeness (QED) is 0.848. The summed E-state index contributed by atoms with van der Waals surface area (Å²) in [6.07, 6.45) is 2.99. The van der Waals surface area contributed by atoms with Gasteiger partial charge in [0, 0.05) is 37.9 Å². The van der Waals surface area contributed by atoms with Crippen molar-refractivity contribution in [2.24, 2.45) is 7.05 Å². The summed E-state index contributed by atoms with van der Waals surface area (Å²) < 4.78 is 2.07. The predicted octanol–water partition coefficient (Wildman–Crippen LogP) is 2.06. The number of pyridine rings is 1. The molecule has 5 nitrogen and oxygen atoms in total. The van der Waals surface area contributed by atoms with Gasteiger partial charge in [-0.15, -0.1) is 0 Å². The fraction of sp³-hybridized carbons (Fsp3) is 0.438. The van der Waals surface area contributed by atoms with Crippen molar-refractivity contribution < 1.29 is 4.79 Å². The molecule has 1 aliphatic heterocycles. The molecule has 3 rings (SSSR count). The van der Waals surface area contributed by atoms with E-state index in [1.165, 1.54) is 0 Å². The lowest BCUT2D eigenvalue weighted by molar-refractivity contribution is 0.0784. The van der Waals surface area contributed by atoms with E-state index in [1.807, 2.05) is 44.1 Å². The van der Waals surface area contributed by atoms with Gasteiger partial charge < -0.3 is 9.47 Å². The van der Waals surface area contributed by atoms with E-state index >= 15 is 0 Å². The van der Waals surface area contributed by atoms with Gasteiger partial charge in [0.05, 0.1) is 5.69 Å². The Morgan fingerprint density at radius 3 is 2.71 bits per heavy atom. The van der Waals surface area contributed by atoms with Gasteiger partial charge in [-0.05, 0) is 32.4 Å². The standard InChI is InChI=1S/C16H20N4O/c1-11-5-4-6-14(17-11)16(21)20-8-7-13(10-20)15-18-12(2)9-19(15)3/h4-6,9,13H,7-8,10H2,1-3H3/t13-/m0/s1. The molecule has 0 unspecified atom stereocenters. The van der Waals surface area contributed by atoms with E-state index < -0.39 is 0 Å². The Kier molecular flexibility index (Phi) is 3.49. The minimum atomic E-state index is 0.0205. The van der Waals surface area contributed by atoms with E-state index in [-0.39, 0.29) is 5.91 Å². The van der Waals surface area contributed by atoms with Crippen LogP contribution < -0.4 is 0 Å². The summed E-state index contributed by atoms with van der Waals surface area (Å²) in [5.41, 5.74) is 2.43. The summed E-state index contributed by atoms with van der Waals surface area (Å²) in [4.78, 5) is 23.3. The molecule has 2 aromatic rings. The number of carbonyl (C=O) groups excluding carboxylic acids is 1. The van der Waals surface area contributed by atoms with Crippen LogP contribution in [0.2, 0.25) is 0 Å². The summed E-state index contributed by atoms with van der Waals surface area (Å²) >= 11 is 0. The molecule has 1 aliphatic rings. The SMILES string of the molecule is Cc1cccc(C(=O)N2CC[C@H](c3nc(C)cn3C)C2)n1. The van der Waals surface area contributed by atoms with Crippen molar-refractivity contribution in [3.63, 3.8) is 0 Å². The number of hydrogen-bond acceptors (Lipinski definition) is 3. The molecular formula is C16H20N4O. The van der Waals surface area contributed by atoms with Gasteiger partial charge in [-0.2, -0.15) is 0 Å². The molecule has 0 saturated carbocycles. The predicted molar refractivity (Wildman–Crippen MR) is 80.2 cm³/mol. The third-order valence-corrected chi connectivity index (χ3v) is 3.98. The van der Waals surface area contributed by atoms with Crippen LogP contribution in [-0.4, -0.2) is 38.4 Å². The molecule has 0 radical (unpaired) electrons. The second-order valence-electron chi connectivity index (χ2n) is 5.75. The van der Waals surface area contributed by atoms with Crippen molar-refractivity contribution in [1.29, 1.82) is 0 Å². The summed E-state index contributed by atoms with van der Waals surface area (Å²) in [7, 11) is 2.02. The Labute approximate surface area is 124 Å². The topological polar surface area (TPSA) is 51.0 Å². The lowest BCUT2D eigenvalue weighted by Crippen LogP contribution is -2.29. The summed E-state index contributed by atoms with van der Waals surface area (Å²) in [6.45, 7) is 5.39. The maximum Gasteiger partial charge on any atom is 0.272 e. The second-order valence-corrected chi connectivity index (χ2v) is 5.75. The molecule has 2 aromatic heterocycles. The molecule has 0 N–H and O–H groups in total. The average molecular weight is 284 g/mol. The number of aromatic nitrogens is 3. The first-order valence-electron chi connectivity index (χ1n) is 7.27. The highest BCUT2D eigenvalue weighted by molar-refractivity contribution is 5.92. The molecule has 21 heavy (non-hydrogen) atoms. The Balaban J connectivity index is 1.75. The lowest BCUT2D eigenvalue weighted by Gasteiger charge is -2.16. The number of imidazole rings is 1. The van der Waals surface area contributed by atoms with Gasteiger partial charge in [0.25, 0.3) is 5.91 Å². The molecule has 0 aliphatic carbocycles. The highest BCUT2D eigenvalue weighted by atomic mass is 16.2. The van der Waals surface area contributed by atoms with Gasteiger partial charge in [0.2, 0.25) is 0 Å². The van der Waals surface area contributed by atoms with Crippen molar-refractivity contribution in [1.82, 2.24) is 19.4 Å². The van der Waals surface area contributed by atoms with Crippen LogP contribution in [0.15, 0.2) is 24.4 Å². The van der Waals surface area contributed by atoms with E-state index in [4.69, 9.17) is 0 Å². The zero-order chi connectivity index (χ0) is 15.0. The first-order valence-corrected chi connectivity index (χ1v) is 7.27. The molecule has 5 heteroatoms. The summed E-state index contributed by atoms with van der Waals surface area (Å²) in [5.74, 6) is 1.41. The number of hydrogen-bond donors (Lipinski definition) is 0. The van der Waals surface area contributed by atoms with Crippen LogP contribution in [0.1, 0.15) is 40.0 Å². The number of amides is 1. The molecule has 1 amide bonds. The molecule has 110 valence electrons. The maximum absolute atomic E-state index is 12.5. The van der Waals surface area contributed by atoms with E-state index in [0.717, 1.165) is 36.7 Å². The Hall–Kier alpha value is -2.17. The minimum absolute atomic E-state index is 0.0205. The van der Waals surface area contributed by atoms with Crippen LogP contribution >= 0.6 is 0 Å². The summed E-state index contributed by atoms with van der Waals surface area (Å²) in [6, 6.07) is 5.57. The molecular weight excluding hydrogens is 264 g/mol. The zero-order valence-electron chi connectivity index (χ0n) is 12.7. The summed E-state index contributed by atoms with van der Waals surface area (Å²) in [5, 5.41) is 0. The van der Waals surface area contributed by atoms with Crippen LogP contribution in [0, 0.1) is 13.8 Å². The molecule has 3 heterocycles. The van der Waals surface area contributed by atoms with Crippen LogP contribution in [0.25, 0.3) is 0 Å². The van der Waals surface area contributed by atoms with Gasteiger partial charge >= 0.3 is 0 Å². The van der Waals surface area contributed by atoms with Gasteiger partial charge in [0.15, 0.2) is 0 Å².